The number of carbonyl (C=O) groups excluding carboxylic acids is 1. The van der Waals surface area contributed by atoms with Crippen LogP contribution in [0.3, 0.4) is 0 Å². The molecule has 3 aromatic rings. The highest BCUT2D eigenvalue weighted by atomic mass is 16.5. The van der Waals surface area contributed by atoms with Gasteiger partial charge in [-0.25, -0.2) is 0 Å². The number of aliphatic hydroxyl groups is 1. The van der Waals surface area contributed by atoms with Crippen molar-refractivity contribution in [2.75, 3.05) is 13.7 Å². The van der Waals surface area contributed by atoms with Crippen LogP contribution < -0.4 is 10.1 Å². The maximum atomic E-state index is 12.2. The lowest BCUT2D eigenvalue weighted by molar-refractivity contribution is 0.0940. The van der Waals surface area contributed by atoms with E-state index in [9.17, 15) is 9.90 Å². The second-order valence-corrected chi connectivity index (χ2v) is 5.85. The van der Waals surface area contributed by atoms with E-state index in [4.69, 9.17) is 4.74 Å². The van der Waals surface area contributed by atoms with Crippen molar-refractivity contribution in [2.45, 2.75) is 12.5 Å². The molecule has 0 radical (unpaired) electrons. The minimum Gasteiger partial charge on any atom is -0.479 e. The quantitative estimate of drug-likeness (QED) is 0.723. The molecule has 0 aliphatic heterocycles. The number of hydrogen-bond acceptors (Lipinski definition) is 4. The second kappa shape index (κ2) is 7.36. The molecule has 2 N–H and O–H groups in total. The first-order valence-corrected chi connectivity index (χ1v) is 8.11. The largest absolute Gasteiger partial charge is 0.479 e. The maximum absolute atomic E-state index is 12.2. The van der Waals surface area contributed by atoms with Crippen molar-refractivity contribution in [1.82, 2.24) is 15.1 Å². The van der Waals surface area contributed by atoms with Crippen molar-refractivity contribution in [1.29, 1.82) is 0 Å². The van der Waals surface area contributed by atoms with Gasteiger partial charge in [0.1, 0.15) is 5.56 Å². The fraction of sp³-hybridized carbons (Fsp3) is 0.263. The number of benzene rings is 2. The molecule has 1 aromatic heterocycles. The fourth-order valence-electron chi connectivity index (χ4n) is 2.89. The Kier molecular flexibility index (Phi) is 5.00. The molecule has 0 aliphatic carbocycles. The van der Waals surface area contributed by atoms with Gasteiger partial charge in [0.15, 0.2) is 0 Å². The molecule has 6 nitrogen and oxygen atoms in total. The number of nitrogens with zero attached hydrogens (tertiary/aromatic N) is 2. The SMILES string of the molecule is COc1nn(C)cc1C(=O)NCC[C@@H](O)c1cccc2ccccc12. The van der Waals surface area contributed by atoms with Crippen molar-refractivity contribution in [3.05, 3.63) is 59.8 Å². The van der Waals surface area contributed by atoms with Crippen molar-refractivity contribution in [3.63, 3.8) is 0 Å². The van der Waals surface area contributed by atoms with E-state index < -0.39 is 6.10 Å². The highest BCUT2D eigenvalue weighted by molar-refractivity contribution is 5.96. The number of carbonyl (C=O) groups is 1. The Hall–Kier alpha value is -2.86. The minimum atomic E-state index is -0.651. The number of aromatic nitrogens is 2. The minimum absolute atomic E-state index is 0.268. The Morgan fingerprint density at radius 2 is 2.04 bits per heavy atom. The van der Waals surface area contributed by atoms with Crippen LogP contribution in [0.4, 0.5) is 0 Å². The molecule has 25 heavy (non-hydrogen) atoms. The number of aliphatic hydroxyl groups excluding tert-OH is 1. The van der Waals surface area contributed by atoms with Gasteiger partial charge in [0.05, 0.1) is 13.2 Å². The van der Waals surface area contributed by atoms with Crippen LogP contribution in [0.25, 0.3) is 10.8 Å². The van der Waals surface area contributed by atoms with E-state index in [-0.39, 0.29) is 11.8 Å². The number of aryl methyl sites for hydroxylation is 1. The van der Waals surface area contributed by atoms with Crippen molar-refractivity contribution in [2.24, 2.45) is 7.05 Å². The first-order chi connectivity index (χ1) is 12.1. The highest BCUT2D eigenvalue weighted by Gasteiger charge is 2.17. The first-order valence-electron chi connectivity index (χ1n) is 8.11. The molecule has 130 valence electrons. The van der Waals surface area contributed by atoms with E-state index in [0.29, 0.717) is 18.5 Å². The zero-order valence-corrected chi connectivity index (χ0v) is 14.3. The summed E-state index contributed by atoms with van der Waals surface area (Å²) >= 11 is 0. The average Bonchev–Trinajstić information content (AvgIpc) is 3.02. The first kappa shape index (κ1) is 17.0. The van der Waals surface area contributed by atoms with Crippen molar-refractivity contribution in [3.8, 4) is 5.88 Å². The predicted molar refractivity (Wildman–Crippen MR) is 95.6 cm³/mol. The normalized spacial score (nSPS) is 12.1. The zero-order valence-electron chi connectivity index (χ0n) is 14.3. The Morgan fingerprint density at radius 1 is 1.28 bits per heavy atom. The lowest BCUT2D eigenvalue weighted by Crippen LogP contribution is -2.25. The molecular formula is C19H21N3O3. The van der Waals surface area contributed by atoms with Gasteiger partial charge in [0.25, 0.3) is 5.91 Å². The molecule has 0 bridgehead atoms. The van der Waals surface area contributed by atoms with Crippen LogP contribution in [0.1, 0.15) is 28.4 Å². The monoisotopic (exact) mass is 339 g/mol. The fourth-order valence-corrected chi connectivity index (χ4v) is 2.89. The second-order valence-electron chi connectivity index (χ2n) is 5.85. The van der Waals surface area contributed by atoms with Crippen LogP contribution in [-0.2, 0) is 7.05 Å². The summed E-state index contributed by atoms with van der Waals surface area (Å²) in [6.45, 7) is 0.348. The van der Waals surface area contributed by atoms with Gasteiger partial charge in [0, 0.05) is 19.8 Å². The Morgan fingerprint density at radius 3 is 2.84 bits per heavy atom. The third kappa shape index (κ3) is 3.64. The van der Waals surface area contributed by atoms with E-state index in [1.165, 1.54) is 11.8 Å². The number of fused-ring (bicyclic) bond motifs is 1. The number of rotatable bonds is 6. The molecule has 3 rings (SSSR count). The van der Waals surface area contributed by atoms with Gasteiger partial charge in [0.2, 0.25) is 5.88 Å². The number of ether oxygens (including phenoxy) is 1. The van der Waals surface area contributed by atoms with Crippen molar-refractivity contribution < 1.29 is 14.6 Å². The molecule has 0 unspecified atom stereocenters. The summed E-state index contributed by atoms with van der Waals surface area (Å²) in [5, 5.41) is 19.5. The molecule has 1 heterocycles. The molecule has 0 aliphatic rings. The van der Waals surface area contributed by atoms with Gasteiger partial charge < -0.3 is 15.2 Å². The van der Waals surface area contributed by atoms with Crippen LogP contribution in [0.15, 0.2) is 48.7 Å². The van der Waals surface area contributed by atoms with E-state index >= 15 is 0 Å². The number of methoxy groups -OCH3 is 1. The number of amides is 1. The van der Waals surface area contributed by atoms with Gasteiger partial charge in [-0.3, -0.25) is 9.48 Å². The Bertz CT molecular complexity index is 883. The molecule has 0 fully saturated rings. The maximum Gasteiger partial charge on any atom is 0.258 e. The summed E-state index contributed by atoms with van der Waals surface area (Å²) in [7, 11) is 3.20. The molecular weight excluding hydrogens is 318 g/mol. The summed E-state index contributed by atoms with van der Waals surface area (Å²) in [5.41, 5.74) is 1.25. The molecule has 0 saturated carbocycles. The smallest absolute Gasteiger partial charge is 0.258 e. The van der Waals surface area contributed by atoms with E-state index in [1.54, 1.807) is 13.2 Å². The summed E-state index contributed by atoms with van der Waals surface area (Å²) < 4.78 is 6.62. The molecule has 2 aromatic carbocycles. The number of nitrogens with one attached hydrogen (secondary N) is 1. The summed E-state index contributed by atoms with van der Waals surface area (Å²) in [6, 6.07) is 13.8. The van der Waals surface area contributed by atoms with E-state index in [2.05, 4.69) is 10.4 Å². The molecule has 1 atom stereocenters. The topological polar surface area (TPSA) is 76.4 Å². The van der Waals surface area contributed by atoms with Crippen LogP contribution in [-0.4, -0.2) is 34.4 Å². The number of hydrogen-bond donors (Lipinski definition) is 2. The standard InChI is InChI=1S/C19H21N3O3/c1-22-12-16(19(21-22)25-2)18(24)20-11-10-17(23)15-9-5-7-13-6-3-4-8-14(13)15/h3-9,12,17,23H,10-11H2,1-2H3,(H,20,24)/t17-/m1/s1. The van der Waals surface area contributed by atoms with Crippen LogP contribution >= 0.6 is 0 Å². The van der Waals surface area contributed by atoms with Gasteiger partial charge >= 0.3 is 0 Å². The molecule has 0 spiro atoms. The van der Waals surface area contributed by atoms with Crippen LogP contribution in [0.5, 0.6) is 5.88 Å². The molecule has 0 saturated heterocycles. The van der Waals surface area contributed by atoms with E-state index in [1.807, 2.05) is 42.5 Å². The van der Waals surface area contributed by atoms with Gasteiger partial charge in [-0.1, -0.05) is 42.5 Å². The van der Waals surface area contributed by atoms with Gasteiger partial charge in [-0.15, -0.1) is 5.10 Å². The van der Waals surface area contributed by atoms with E-state index in [0.717, 1.165) is 16.3 Å². The van der Waals surface area contributed by atoms with Gasteiger partial charge in [-0.2, -0.15) is 0 Å². The lowest BCUT2D eigenvalue weighted by Gasteiger charge is -2.14. The lowest BCUT2D eigenvalue weighted by atomic mass is 9.99. The zero-order chi connectivity index (χ0) is 17.8. The highest BCUT2D eigenvalue weighted by Crippen LogP contribution is 2.26. The predicted octanol–water partition coefficient (Wildman–Crippen LogP) is 2.44. The van der Waals surface area contributed by atoms with Gasteiger partial charge in [-0.05, 0) is 22.8 Å². The third-order valence-corrected chi connectivity index (χ3v) is 4.12. The summed E-state index contributed by atoms with van der Waals surface area (Å²) in [5.74, 6) is 0.0182. The third-order valence-electron chi connectivity index (χ3n) is 4.12. The Labute approximate surface area is 146 Å². The summed E-state index contributed by atoms with van der Waals surface area (Å²) in [6.07, 6.45) is 1.37. The molecule has 1 amide bonds. The van der Waals surface area contributed by atoms with Crippen molar-refractivity contribution >= 4 is 16.7 Å². The average molecular weight is 339 g/mol. The van der Waals surface area contributed by atoms with Crippen LogP contribution in [0.2, 0.25) is 0 Å². The summed E-state index contributed by atoms with van der Waals surface area (Å²) in [4.78, 5) is 12.2. The van der Waals surface area contributed by atoms with Crippen LogP contribution in [0, 0.1) is 0 Å². The Balaban J connectivity index is 1.64. The molecule has 6 heteroatoms.